The molecule has 1 saturated carbocycles. The Balaban J connectivity index is 1.72. The second-order valence-electron chi connectivity index (χ2n) is 6.28. The molecule has 21 heavy (non-hydrogen) atoms. The molecule has 0 bridgehead atoms. The largest absolute Gasteiger partial charge is 0.381 e. The van der Waals surface area contributed by atoms with Crippen molar-refractivity contribution in [3.8, 4) is 0 Å². The number of rotatable bonds is 3. The first-order valence-electron chi connectivity index (χ1n) is 7.96. The van der Waals surface area contributed by atoms with Gasteiger partial charge in [-0.1, -0.05) is 24.3 Å². The summed E-state index contributed by atoms with van der Waals surface area (Å²) in [5, 5.41) is 6.13. The van der Waals surface area contributed by atoms with Gasteiger partial charge in [0.05, 0.1) is 11.9 Å². The molecule has 4 nitrogen and oxygen atoms in total. The van der Waals surface area contributed by atoms with Crippen LogP contribution < -0.4 is 16.0 Å². The van der Waals surface area contributed by atoms with Gasteiger partial charge in [-0.25, -0.2) is 4.98 Å². The highest BCUT2D eigenvalue weighted by Crippen LogP contribution is 2.34. The molecule has 4 rings (SSSR count). The zero-order chi connectivity index (χ0) is 14.2. The third-order valence-electron chi connectivity index (χ3n) is 4.55. The van der Waals surface area contributed by atoms with Crippen LogP contribution in [0.2, 0.25) is 0 Å². The summed E-state index contributed by atoms with van der Waals surface area (Å²) in [6.07, 6.45) is 6.67. The molecule has 1 aromatic heterocycles. The lowest BCUT2D eigenvalue weighted by Gasteiger charge is -2.32. The Hall–Kier alpha value is -1.81. The first-order chi connectivity index (χ1) is 10.3. The molecular formula is C17H22N4. The van der Waals surface area contributed by atoms with Crippen molar-refractivity contribution in [2.24, 2.45) is 5.73 Å². The van der Waals surface area contributed by atoms with Crippen molar-refractivity contribution in [2.75, 3.05) is 23.3 Å². The SMILES string of the molecule is NC1CCN(c2ncc(NC3CC3)c3ccccc23)CC1. The predicted molar refractivity (Wildman–Crippen MR) is 87.8 cm³/mol. The minimum atomic E-state index is 0.350. The maximum atomic E-state index is 6.02. The molecule has 2 aliphatic rings. The number of nitrogens with one attached hydrogen (secondary N) is 1. The fraction of sp³-hybridized carbons (Fsp3) is 0.471. The number of nitrogens with zero attached hydrogens (tertiary/aromatic N) is 2. The number of fused-ring (bicyclic) bond motifs is 1. The maximum absolute atomic E-state index is 6.02. The zero-order valence-corrected chi connectivity index (χ0v) is 12.3. The summed E-state index contributed by atoms with van der Waals surface area (Å²) in [4.78, 5) is 7.14. The van der Waals surface area contributed by atoms with Crippen molar-refractivity contribution in [1.29, 1.82) is 0 Å². The van der Waals surface area contributed by atoms with Crippen LogP contribution in [-0.4, -0.2) is 30.2 Å². The smallest absolute Gasteiger partial charge is 0.136 e. The molecule has 0 atom stereocenters. The Bertz CT molecular complexity index is 642. The van der Waals surface area contributed by atoms with Crippen molar-refractivity contribution >= 4 is 22.3 Å². The van der Waals surface area contributed by atoms with E-state index >= 15 is 0 Å². The van der Waals surface area contributed by atoms with Crippen LogP contribution >= 0.6 is 0 Å². The molecule has 4 heteroatoms. The monoisotopic (exact) mass is 282 g/mol. The summed E-state index contributed by atoms with van der Waals surface area (Å²) in [6, 6.07) is 9.59. The van der Waals surface area contributed by atoms with Crippen LogP contribution in [0.5, 0.6) is 0 Å². The second kappa shape index (κ2) is 5.19. The van der Waals surface area contributed by atoms with Crippen molar-refractivity contribution in [3.63, 3.8) is 0 Å². The van der Waals surface area contributed by atoms with Crippen LogP contribution in [0.1, 0.15) is 25.7 Å². The quantitative estimate of drug-likeness (QED) is 0.909. The normalized spacial score (nSPS) is 20.0. The minimum Gasteiger partial charge on any atom is -0.381 e. The standard InChI is InChI=1S/C17H22N4/c18-12-7-9-21(10-8-12)17-15-4-2-1-3-14(15)16(11-19-17)20-13-5-6-13/h1-4,11-13,20H,5-10,18H2. The van der Waals surface area contributed by atoms with E-state index < -0.39 is 0 Å². The molecular weight excluding hydrogens is 260 g/mol. The van der Waals surface area contributed by atoms with Gasteiger partial charge in [0.15, 0.2) is 0 Å². The van der Waals surface area contributed by atoms with Gasteiger partial charge in [0.25, 0.3) is 0 Å². The highest BCUT2D eigenvalue weighted by molar-refractivity contribution is 6.00. The lowest BCUT2D eigenvalue weighted by atomic mass is 10.0. The Labute approximate surface area is 125 Å². The molecule has 0 spiro atoms. The van der Waals surface area contributed by atoms with E-state index in [-0.39, 0.29) is 0 Å². The summed E-state index contributed by atoms with van der Waals surface area (Å²) in [5.74, 6) is 1.11. The van der Waals surface area contributed by atoms with Crippen LogP contribution in [0.3, 0.4) is 0 Å². The van der Waals surface area contributed by atoms with Crippen LogP contribution in [0, 0.1) is 0 Å². The number of piperidine rings is 1. The van der Waals surface area contributed by atoms with Gasteiger partial charge in [-0.2, -0.15) is 0 Å². The number of aromatic nitrogens is 1. The van der Waals surface area contributed by atoms with Crippen molar-refractivity contribution in [2.45, 2.75) is 37.8 Å². The van der Waals surface area contributed by atoms with E-state index in [1.807, 2.05) is 6.20 Å². The van der Waals surface area contributed by atoms with E-state index in [0.717, 1.165) is 31.7 Å². The van der Waals surface area contributed by atoms with Gasteiger partial charge in [0, 0.05) is 35.9 Å². The third-order valence-corrected chi connectivity index (χ3v) is 4.55. The number of hydrogen-bond acceptors (Lipinski definition) is 4. The molecule has 110 valence electrons. The summed E-state index contributed by atoms with van der Waals surface area (Å²) in [7, 11) is 0. The minimum absolute atomic E-state index is 0.350. The molecule has 2 aromatic rings. The maximum Gasteiger partial charge on any atom is 0.136 e. The van der Waals surface area contributed by atoms with Gasteiger partial charge in [0.1, 0.15) is 5.82 Å². The first kappa shape index (κ1) is 12.9. The number of benzene rings is 1. The van der Waals surface area contributed by atoms with Gasteiger partial charge in [0.2, 0.25) is 0 Å². The molecule has 0 unspecified atom stereocenters. The predicted octanol–water partition coefficient (Wildman–Crippen LogP) is 2.74. The van der Waals surface area contributed by atoms with E-state index in [0.29, 0.717) is 12.1 Å². The Morgan fingerprint density at radius 2 is 1.76 bits per heavy atom. The van der Waals surface area contributed by atoms with Gasteiger partial charge < -0.3 is 16.0 Å². The van der Waals surface area contributed by atoms with E-state index in [2.05, 4.69) is 34.5 Å². The van der Waals surface area contributed by atoms with Crippen LogP contribution in [-0.2, 0) is 0 Å². The van der Waals surface area contributed by atoms with Crippen LogP contribution in [0.4, 0.5) is 11.5 Å². The summed E-state index contributed by atoms with van der Waals surface area (Å²) < 4.78 is 0. The fourth-order valence-electron chi connectivity index (χ4n) is 3.10. The highest BCUT2D eigenvalue weighted by Gasteiger charge is 2.23. The molecule has 1 saturated heterocycles. The Morgan fingerprint density at radius 3 is 2.48 bits per heavy atom. The second-order valence-corrected chi connectivity index (χ2v) is 6.28. The Kier molecular flexibility index (Phi) is 3.19. The lowest BCUT2D eigenvalue weighted by Crippen LogP contribution is -2.40. The molecule has 3 N–H and O–H groups in total. The van der Waals surface area contributed by atoms with E-state index in [4.69, 9.17) is 10.7 Å². The molecule has 2 fully saturated rings. The van der Waals surface area contributed by atoms with Crippen molar-refractivity contribution in [3.05, 3.63) is 30.5 Å². The number of anilines is 2. The third kappa shape index (κ3) is 2.56. The van der Waals surface area contributed by atoms with Crippen molar-refractivity contribution < 1.29 is 0 Å². The molecule has 2 heterocycles. The number of pyridine rings is 1. The number of hydrogen-bond donors (Lipinski definition) is 2. The summed E-state index contributed by atoms with van der Waals surface area (Å²) >= 11 is 0. The average molecular weight is 282 g/mol. The van der Waals surface area contributed by atoms with Gasteiger partial charge in [-0.15, -0.1) is 0 Å². The van der Waals surface area contributed by atoms with Crippen LogP contribution in [0.15, 0.2) is 30.5 Å². The highest BCUT2D eigenvalue weighted by atomic mass is 15.2. The van der Waals surface area contributed by atoms with Gasteiger partial charge in [-0.05, 0) is 25.7 Å². The van der Waals surface area contributed by atoms with E-state index in [1.165, 1.54) is 29.3 Å². The topological polar surface area (TPSA) is 54.2 Å². The van der Waals surface area contributed by atoms with Gasteiger partial charge in [-0.3, -0.25) is 0 Å². The summed E-state index contributed by atoms with van der Waals surface area (Å²) in [5.41, 5.74) is 7.19. The Morgan fingerprint density at radius 1 is 1.05 bits per heavy atom. The molecule has 1 aromatic carbocycles. The van der Waals surface area contributed by atoms with E-state index in [9.17, 15) is 0 Å². The molecule has 1 aliphatic carbocycles. The van der Waals surface area contributed by atoms with Crippen molar-refractivity contribution in [1.82, 2.24) is 4.98 Å². The zero-order valence-electron chi connectivity index (χ0n) is 12.3. The molecule has 1 aliphatic heterocycles. The molecule has 0 radical (unpaired) electrons. The fourth-order valence-corrected chi connectivity index (χ4v) is 3.10. The van der Waals surface area contributed by atoms with Gasteiger partial charge >= 0.3 is 0 Å². The first-order valence-corrected chi connectivity index (χ1v) is 7.96. The van der Waals surface area contributed by atoms with E-state index in [1.54, 1.807) is 0 Å². The van der Waals surface area contributed by atoms with Crippen LogP contribution in [0.25, 0.3) is 10.8 Å². The number of nitrogens with two attached hydrogens (primary N) is 1. The summed E-state index contributed by atoms with van der Waals surface area (Å²) in [6.45, 7) is 2.02. The molecule has 0 amide bonds. The lowest BCUT2D eigenvalue weighted by molar-refractivity contribution is 0.499. The average Bonchev–Trinajstić information content (AvgIpc) is 3.33.